The average molecular weight is 310 g/mol. The van der Waals surface area contributed by atoms with E-state index in [0.29, 0.717) is 5.16 Å². The fourth-order valence-electron chi connectivity index (χ4n) is 1.70. The Hall–Kier alpha value is -1.34. The first-order valence-corrected chi connectivity index (χ1v) is 6.51. The molecule has 0 bridgehead atoms. The van der Waals surface area contributed by atoms with Gasteiger partial charge >= 0.3 is 0 Å². The molecule has 0 amide bonds. The quantitative estimate of drug-likeness (QED) is 0.790. The van der Waals surface area contributed by atoms with E-state index in [4.69, 9.17) is 0 Å². The molecule has 0 aliphatic heterocycles. The van der Waals surface area contributed by atoms with Crippen molar-refractivity contribution in [1.82, 2.24) is 25.2 Å². The van der Waals surface area contributed by atoms with Gasteiger partial charge in [0.15, 0.2) is 0 Å². The van der Waals surface area contributed by atoms with E-state index < -0.39 is 0 Å². The second kappa shape index (κ2) is 4.15. The third-order valence-corrected chi connectivity index (χ3v) is 3.84. The molecular formula is C10H8BrN5S. The summed E-state index contributed by atoms with van der Waals surface area (Å²) >= 11 is 4.98. The first-order valence-electron chi connectivity index (χ1n) is 4.90. The largest absolute Gasteiger partial charge is 0.349 e. The second-order valence-electron chi connectivity index (χ2n) is 3.56. The van der Waals surface area contributed by atoms with Crippen LogP contribution in [0.1, 0.15) is 0 Å². The first kappa shape index (κ1) is 10.8. The molecule has 0 saturated carbocycles. The van der Waals surface area contributed by atoms with Crippen LogP contribution in [0.2, 0.25) is 0 Å². The molecule has 5 nitrogen and oxygen atoms in total. The van der Waals surface area contributed by atoms with Crippen LogP contribution >= 0.6 is 27.7 Å². The van der Waals surface area contributed by atoms with Crippen molar-refractivity contribution < 1.29 is 0 Å². The smallest absolute Gasteiger partial charge is 0.235 e. The summed E-state index contributed by atoms with van der Waals surface area (Å²) in [6.07, 6.45) is 2.07. The van der Waals surface area contributed by atoms with Crippen LogP contribution in [-0.4, -0.2) is 25.2 Å². The molecule has 86 valence electrons. The van der Waals surface area contributed by atoms with Gasteiger partial charge in [0.05, 0.1) is 0 Å². The Kier molecular flexibility index (Phi) is 2.64. The zero-order valence-electron chi connectivity index (χ0n) is 8.88. The number of aryl methyl sites for hydroxylation is 1. The molecule has 2 aromatic heterocycles. The fourth-order valence-corrected chi connectivity index (χ4v) is 2.91. The van der Waals surface area contributed by atoms with E-state index in [1.807, 2.05) is 13.1 Å². The minimum Gasteiger partial charge on any atom is -0.349 e. The first-order chi connectivity index (χ1) is 8.24. The van der Waals surface area contributed by atoms with Crippen LogP contribution in [0.3, 0.4) is 0 Å². The highest BCUT2D eigenvalue weighted by Gasteiger charge is 2.10. The summed E-state index contributed by atoms with van der Waals surface area (Å²) < 4.78 is 3.15. The van der Waals surface area contributed by atoms with Crippen LogP contribution in [0, 0.1) is 0 Å². The zero-order valence-corrected chi connectivity index (χ0v) is 11.3. The lowest BCUT2D eigenvalue weighted by atomic mass is 10.2. The molecule has 0 fully saturated rings. The molecule has 1 N–H and O–H groups in total. The van der Waals surface area contributed by atoms with Crippen molar-refractivity contribution in [3.63, 3.8) is 0 Å². The number of aromatic amines is 1. The number of halogens is 1. The van der Waals surface area contributed by atoms with Crippen molar-refractivity contribution >= 4 is 38.6 Å². The minimum atomic E-state index is 0.623. The van der Waals surface area contributed by atoms with Gasteiger partial charge in [-0.3, -0.25) is 0 Å². The topological polar surface area (TPSA) is 59.4 Å². The molecular weight excluding hydrogens is 302 g/mol. The Morgan fingerprint density at radius 2 is 2.29 bits per heavy atom. The normalized spacial score (nSPS) is 11.2. The molecule has 0 unspecified atom stereocenters. The van der Waals surface area contributed by atoms with Crippen LogP contribution in [0.25, 0.3) is 10.9 Å². The molecule has 17 heavy (non-hydrogen) atoms. The Labute approximate surface area is 110 Å². The van der Waals surface area contributed by atoms with Crippen molar-refractivity contribution in [2.24, 2.45) is 7.05 Å². The summed E-state index contributed by atoms with van der Waals surface area (Å²) in [6.45, 7) is 0. The van der Waals surface area contributed by atoms with E-state index in [0.717, 1.165) is 9.37 Å². The van der Waals surface area contributed by atoms with Gasteiger partial charge in [-0.1, -0.05) is 15.9 Å². The van der Waals surface area contributed by atoms with Gasteiger partial charge in [-0.15, -0.1) is 10.2 Å². The number of rotatable bonds is 2. The van der Waals surface area contributed by atoms with Crippen molar-refractivity contribution in [2.45, 2.75) is 10.1 Å². The molecule has 2 heterocycles. The molecule has 0 radical (unpaired) electrons. The number of tetrazole rings is 1. The third-order valence-electron chi connectivity index (χ3n) is 2.44. The maximum Gasteiger partial charge on any atom is 0.235 e. The lowest BCUT2D eigenvalue weighted by molar-refractivity contribution is 0.881. The highest BCUT2D eigenvalue weighted by molar-refractivity contribution is 9.10. The number of hydrogen-bond acceptors (Lipinski definition) is 4. The van der Waals surface area contributed by atoms with Gasteiger partial charge in [0, 0.05) is 33.5 Å². The number of fused-ring (bicyclic) bond motifs is 1. The number of nitrogens with one attached hydrogen (secondary N) is 1. The summed E-state index contributed by atoms with van der Waals surface area (Å²) in [7, 11) is 2.02. The maximum atomic E-state index is 3.94. The van der Waals surface area contributed by atoms with E-state index in [2.05, 4.69) is 59.5 Å². The number of hydrogen-bond donors (Lipinski definition) is 1. The maximum absolute atomic E-state index is 3.94. The van der Waals surface area contributed by atoms with Crippen LogP contribution in [-0.2, 0) is 7.05 Å². The van der Waals surface area contributed by atoms with E-state index in [9.17, 15) is 0 Å². The summed E-state index contributed by atoms with van der Waals surface area (Å²) in [5, 5.41) is 15.7. The Morgan fingerprint density at radius 1 is 1.41 bits per heavy atom. The SMILES string of the molecule is Cn1cc(Sc2nn[nH]n2)c2cc(Br)ccc21. The van der Waals surface area contributed by atoms with Crippen molar-refractivity contribution in [3.05, 3.63) is 28.9 Å². The zero-order chi connectivity index (χ0) is 11.8. The molecule has 3 aromatic rings. The van der Waals surface area contributed by atoms with Gasteiger partial charge in [0.25, 0.3) is 0 Å². The van der Waals surface area contributed by atoms with Crippen LogP contribution < -0.4 is 0 Å². The summed E-state index contributed by atoms with van der Waals surface area (Å²) in [4.78, 5) is 1.12. The molecule has 0 aliphatic rings. The molecule has 0 aliphatic carbocycles. The van der Waals surface area contributed by atoms with E-state index in [1.54, 1.807) is 0 Å². The number of H-pyrrole nitrogens is 1. The molecule has 7 heteroatoms. The molecule has 1 aromatic carbocycles. The van der Waals surface area contributed by atoms with Crippen molar-refractivity contribution in [3.8, 4) is 0 Å². The second-order valence-corrected chi connectivity index (χ2v) is 5.49. The minimum absolute atomic E-state index is 0.623. The van der Waals surface area contributed by atoms with Crippen molar-refractivity contribution in [1.29, 1.82) is 0 Å². The highest BCUT2D eigenvalue weighted by Crippen LogP contribution is 2.33. The number of benzene rings is 1. The van der Waals surface area contributed by atoms with Crippen LogP contribution in [0.5, 0.6) is 0 Å². The van der Waals surface area contributed by atoms with E-state index >= 15 is 0 Å². The Morgan fingerprint density at radius 3 is 3.06 bits per heavy atom. The average Bonchev–Trinajstić information content (AvgIpc) is 2.89. The Bertz CT molecular complexity index is 661. The van der Waals surface area contributed by atoms with E-state index in [1.165, 1.54) is 22.7 Å². The predicted molar refractivity (Wildman–Crippen MR) is 68.9 cm³/mol. The Balaban J connectivity index is 2.13. The van der Waals surface area contributed by atoms with Crippen LogP contribution in [0.4, 0.5) is 0 Å². The predicted octanol–water partition coefficient (Wildman–Crippen LogP) is 2.61. The standard InChI is InChI=1S/C10H8BrN5S/c1-16-5-9(17-10-12-14-15-13-10)7-4-6(11)2-3-8(7)16/h2-5H,1H3,(H,12,13,14,15). The highest BCUT2D eigenvalue weighted by atomic mass is 79.9. The lowest BCUT2D eigenvalue weighted by Gasteiger charge is -1.96. The van der Waals surface area contributed by atoms with Crippen molar-refractivity contribution in [2.75, 3.05) is 0 Å². The van der Waals surface area contributed by atoms with Gasteiger partial charge in [-0.05, 0) is 35.2 Å². The van der Waals surface area contributed by atoms with Gasteiger partial charge in [-0.25, -0.2) is 0 Å². The number of nitrogens with zero attached hydrogens (tertiary/aromatic N) is 4. The monoisotopic (exact) mass is 309 g/mol. The van der Waals surface area contributed by atoms with E-state index in [-0.39, 0.29) is 0 Å². The van der Waals surface area contributed by atoms with Gasteiger partial charge in [0.1, 0.15) is 0 Å². The molecule has 0 atom stereocenters. The fraction of sp³-hybridized carbons (Fsp3) is 0.100. The summed E-state index contributed by atoms with van der Waals surface area (Å²) in [5.74, 6) is 0. The van der Waals surface area contributed by atoms with Gasteiger partial charge in [-0.2, -0.15) is 5.21 Å². The van der Waals surface area contributed by atoms with Crippen LogP contribution in [0.15, 0.2) is 38.9 Å². The van der Waals surface area contributed by atoms with Gasteiger partial charge in [0.2, 0.25) is 5.16 Å². The summed E-state index contributed by atoms with van der Waals surface area (Å²) in [5.41, 5.74) is 1.18. The lowest BCUT2D eigenvalue weighted by Crippen LogP contribution is -1.82. The van der Waals surface area contributed by atoms with Gasteiger partial charge < -0.3 is 4.57 Å². The summed E-state index contributed by atoms with van der Waals surface area (Å²) in [6, 6.07) is 6.21. The molecule has 3 rings (SSSR count). The molecule has 0 spiro atoms. The molecule has 0 saturated heterocycles. The number of aromatic nitrogens is 5. The third kappa shape index (κ3) is 1.96.